The molecule has 0 aliphatic heterocycles. The topological polar surface area (TPSA) is 82.3 Å². The maximum absolute atomic E-state index is 12.2. The van der Waals surface area contributed by atoms with Crippen LogP contribution in [0.1, 0.15) is 64.2 Å². The molecule has 0 bridgehead atoms. The minimum Gasteiger partial charge on any atom is -0.456 e. The number of nitrogens with zero attached hydrogens (tertiary/aromatic N) is 2. The molecule has 3 aromatic rings. The largest absolute Gasteiger partial charge is 0.456 e. The Hall–Kier alpha value is -2.80. The van der Waals surface area contributed by atoms with Crippen LogP contribution in [-0.4, -0.2) is 21.9 Å². The van der Waals surface area contributed by atoms with Crippen molar-refractivity contribution in [1.82, 2.24) is 10.1 Å². The van der Waals surface area contributed by atoms with Gasteiger partial charge in [-0.05, 0) is 31.4 Å². The zero-order valence-corrected chi connectivity index (χ0v) is 17.8. The second-order valence-corrected chi connectivity index (χ2v) is 8.66. The summed E-state index contributed by atoms with van der Waals surface area (Å²) in [6.07, 6.45) is 0.137. The summed E-state index contributed by atoms with van der Waals surface area (Å²) in [5.74, 6) is 0.600. The Kier molecular flexibility index (Phi) is 6.59. The van der Waals surface area contributed by atoms with Gasteiger partial charge in [0.25, 0.3) is 5.89 Å². The lowest BCUT2D eigenvalue weighted by Gasteiger charge is -2.04. The molecule has 0 saturated heterocycles. The van der Waals surface area contributed by atoms with Crippen LogP contribution in [0.4, 0.5) is 0 Å². The number of esters is 1. The van der Waals surface area contributed by atoms with E-state index in [1.807, 2.05) is 44.2 Å². The molecule has 0 aliphatic carbocycles. The molecule has 0 spiro atoms. The SMILES string of the molecule is Cc1cc(C(=O)CCC(=O)OCc2nc(-c3ccc(C(C)C)cc3)no2)c(C)s1. The minimum absolute atomic E-state index is 0.0187. The average Bonchev–Trinajstić information content (AvgIpc) is 3.30. The van der Waals surface area contributed by atoms with Crippen molar-refractivity contribution in [3.8, 4) is 11.4 Å². The molecule has 0 saturated carbocycles. The molecule has 2 heterocycles. The Balaban J connectivity index is 1.49. The second-order valence-electron chi connectivity index (χ2n) is 7.20. The predicted octanol–water partition coefficient (Wildman–Crippen LogP) is 5.24. The smallest absolute Gasteiger partial charge is 0.306 e. The van der Waals surface area contributed by atoms with Gasteiger partial charge in [0.1, 0.15) is 0 Å². The van der Waals surface area contributed by atoms with Crippen LogP contribution in [0.5, 0.6) is 0 Å². The number of ketones is 1. The van der Waals surface area contributed by atoms with E-state index in [0.717, 1.165) is 15.3 Å². The van der Waals surface area contributed by atoms with Crippen molar-refractivity contribution in [3.63, 3.8) is 0 Å². The van der Waals surface area contributed by atoms with Gasteiger partial charge in [-0.2, -0.15) is 4.98 Å². The van der Waals surface area contributed by atoms with Gasteiger partial charge in [0.05, 0.1) is 6.42 Å². The number of ether oxygens (including phenoxy) is 1. The van der Waals surface area contributed by atoms with Gasteiger partial charge in [-0.3, -0.25) is 9.59 Å². The molecular formula is C22H24N2O4S. The zero-order chi connectivity index (χ0) is 21.0. The Morgan fingerprint density at radius 2 is 1.86 bits per heavy atom. The summed E-state index contributed by atoms with van der Waals surface area (Å²) in [7, 11) is 0. The van der Waals surface area contributed by atoms with Crippen molar-refractivity contribution < 1.29 is 18.8 Å². The van der Waals surface area contributed by atoms with Gasteiger partial charge in [0, 0.05) is 27.3 Å². The van der Waals surface area contributed by atoms with Crippen LogP contribution < -0.4 is 0 Å². The van der Waals surface area contributed by atoms with Crippen molar-refractivity contribution in [2.24, 2.45) is 0 Å². The number of benzene rings is 1. The minimum atomic E-state index is -0.469. The summed E-state index contributed by atoms with van der Waals surface area (Å²) in [5.41, 5.74) is 2.75. The van der Waals surface area contributed by atoms with Crippen LogP contribution >= 0.6 is 11.3 Å². The van der Waals surface area contributed by atoms with E-state index in [0.29, 0.717) is 17.3 Å². The fourth-order valence-corrected chi connectivity index (χ4v) is 3.86. The first-order chi connectivity index (χ1) is 13.8. The second kappa shape index (κ2) is 9.13. The van der Waals surface area contributed by atoms with Crippen LogP contribution in [0.25, 0.3) is 11.4 Å². The number of hydrogen-bond donors (Lipinski definition) is 0. The van der Waals surface area contributed by atoms with E-state index in [4.69, 9.17) is 9.26 Å². The number of aryl methyl sites for hydroxylation is 2. The van der Waals surface area contributed by atoms with Gasteiger partial charge in [-0.25, -0.2) is 0 Å². The van der Waals surface area contributed by atoms with Crippen molar-refractivity contribution in [2.75, 3.05) is 0 Å². The first kappa shape index (κ1) is 20.9. The monoisotopic (exact) mass is 412 g/mol. The molecule has 2 aromatic heterocycles. The van der Waals surface area contributed by atoms with Gasteiger partial charge in [-0.15, -0.1) is 11.3 Å². The van der Waals surface area contributed by atoms with E-state index in [-0.39, 0.29) is 31.1 Å². The van der Waals surface area contributed by atoms with E-state index in [1.165, 1.54) is 5.56 Å². The molecule has 7 heteroatoms. The van der Waals surface area contributed by atoms with E-state index in [9.17, 15) is 9.59 Å². The first-order valence-electron chi connectivity index (χ1n) is 9.52. The zero-order valence-electron chi connectivity index (χ0n) is 17.0. The third kappa shape index (κ3) is 5.38. The van der Waals surface area contributed by atoms with Gasteiger partial charge in [0.15, 0.2) is 12.4 Å². The molecule has 0 aliphatic rings. The highest BCUT2D eigenvalue weighted by Crippen LogP contribution is 2.23. The summed E-state index contributed by atoms with van der Waals surface area (Å²) in [5, 5.41) is 3.93. The highest BCUT2D eigenvalue weighted by molar-refractivity contribution is 7.12. The molecule has 0 atom stereocenters. The van der Waals surface area contributed by atoms with Crippen LogP contribution in [0, 0.1) is 13.8 Å². The fourth-order valence-electron chi connectivity index (χ4n) is 2.92. The summed E-state index contributed by atoms with van der Waals surface area (Å²) >= 11 is 1.58. The standard InChI is InChI=1S/C22H24N2O4S/c1-13(2)16-5-7-17(8-6-16)22-23-20(28-24-22)12-27-21(26)10-9-19(25)18-11-14(3)29-15(18)4/h5-8,11,13H,9-10,12H2,1-4H3. The molecule has 3 rings (SSSR count). The third-order valence-corrected chi connectivity index (χ3v) is 5.52. The molecular weight excluding hydrogens is 388 g/mol. The maximum Gasteiger partial charge on any atom is 0.306 e. The summed E-state index contributed by atoms with van der Waals surface area (Å²) in [4.78, 5) is 30.5. The summed E-state index contributed by atoms with van der Waals surface area (Å²) < 4.78 is 10.3. The first-order valence-corrected chi connectivity index (χ1v) is 10.3. The van der Waals surface area contributed by atoms with Crippen molar-refractivity contribution in [1.29, 1.82) is 0 Å². The number of rotatable bonds is 8. The van der Waals surface area contributed by atoms with Gasteiger partial charge >= 0.3 is 5.97 Å². The lowest BCUT2D eigenvalue weighted by atomic mass is 10.0. The van der Waals surface area contributed by atoms with E-state index in [1.54, 1.807) is 11.3 Å². The van der Waals surface area contributed by atoms with Crippen molar-refractivity contribution in [3.05, 3.63) is 57.1 Å². The molecule has 0 N–H and O–H groups in total. The molecule has 1 aromatic carbocycles. The number of hydrogen-bond acceptors (Lipinski definition) is 7. The van der Waals surface area contributed by atoms with E-state index < -0.39 is 5.97 Å². The lowest BCUT2D eigenvalue weighted by molar-refractivity contribution is -0.145. The number of carbonyl (C=O) groups is 2. The average molecular weight is 413 g/mol. The van der Waals surface area contributed by atoms with Gasteiger partial charge in [-0.1, -0.05) is 43.3 Å². The predicted molar refractivity (Wildman–Crippen MR) is 111 cm³/mol. The maximum atomic E-state index is 12.2. The van der Waals surface area contributed by atoms with Crippen molar-refractivity contribution in [2.45, 2.75) is 53.1 Å². The molecule has 0 fully saturated rings. The quantitative estimate of drug-likeness (QED) is 0.371. The Bertz CT molecular complexity index is 1000. The Morgan fingerprint density at radius 3 is 2.48 bits per heavy atom. The number of Topliss-reactive ketones (excluding diaryl/α,β-unsaturated/α-hetero) is 1. The van der Waals surface area contributed by atoms with Gasteiger partial charge < -0.3 is 9.26 Å². The third-order valence-electron chi connectivity index (χ3n) is 4.56. The summed E-state index contributed by atoms with van der Waals surface area (Å²) in [6, 6.07) is 9.81. The Morgan fingerprint density at radius 1 is 1.14 bits per heavy atom. The molecule has 0 unspecified atom stereocenters. The number of thiophene rings is 1. The Labute approximate surface area is 173 Å². The molecule has 0 radical (unpaired) electrons. The van der Waals surface area contributed by atoms with E-state index >= 15 is 0 Å². The highest BCUT2D eigenvalue weighted by atomic mass is 32.1. The van der Waals surface area contributed by atoms with Gasteiger partial charge in [0.2, 0.25) is 5.82 Å². The molecule has 0 amide bonds. The van der Waals surface area contributed by atoms with Crippen molar-refractivity contribution >= 4 is 23.1 Å². The molecule has 6 nitrogen and oxygen atoms in total. The van der Waals surface area contributed by atoms with E-state index in [2.05, 4.69) is 24.0 Å². The normalized spacial score (nSPS) is 11.1. The number of aromatic nitrogens is 2. The molecule has 29 heavy (non-hydrogen) atoms. The number of carbonyl (C=O) groups excluding carboxylic acids is 2. The van der Waals surface area contributed by atoms with Crippen LogP contribution in [-0.2, 0) is 16.1 Å². The molecule has 152 valence electrons. The fraction of sp³-hybridized carbons (Fsp3) is 0.364. The van der Waals surface area contributed by atoms with Crippen LogP contribution in [0.2, 0.25) is 0 Å². The lowest BCUT2D eigenvalue weighted by Crippen LogP contribution is -2.08. The van der Waals surface area contributed by atoms with Crippen LogP contribution in [0.15, 0.2) is 34.9 Å². The highest BCUT2D eigenvalue weighted by Gasteiger charge is 2.16. The summed E-state index contributed by atoms with van der Waals surface area (Å²) in [6.45, 7) is 8.02. The van der Waals surface area contributed by atoms with Crippen LogP contribution in [0.3, 0.4) is 0 Å².